The minimum absolute atomic E-state index is 0.316. The van der Waals surface area contributed by atoms with E-state index < -0.39 is 18.1 Å². The minimum Gasteiger partial charge on any atom is -0.207 e. The zero-order chi connectivity index (χ0) is 14.5. The SMILES string of the molecule is Cc1ccc(S(=O)(=O)NC/C=C/C[Si](C)(C)C)cc1. The molecule has 0 atom stereocenters. The Balaban J connectivity index is 2.55. The van der Waals surface area contributed by atoms with Crippen LogP contribution in [0.15, 0.2) is 41.3 Å². The summed E-state index contributed by atoms with van der Waals surface area (Å²) in [6.45, 7) is 9.14. The molecule has 106 valence electrons. The van der Waals surface area contributed by atoms with E-state index in [0.717, 1.165) is 11.6 Å². The van der Waals surface area contributed by atoms with Crippen molar-refractivity contribution < 1.29 is 8.42 Å². The number of hydrogen-bond donors (Lipinski definition) is 1. The molecule has 0 saturated carbocycles. The number of aryl methyl sites for hydroxylation is 1. The normalized spacial score (nSPS) is 13.1. The molecule has 0 radical (unpaired) electrons. The van der Waals surface area contributed by atoms with Crippen LogP contribution in [-0.2, 0) is 10.0 Å². The van der Waals surface area contributed by atoms with Crippen molar-refractivity contribution in [3.05, 3.63) is 42.0 Å². The molecule has 19 heavy (non-hydrogen) atoms. The Hall–Kier alpha value is -0.913. The predicted molar refractivity (Wildman–Crippen MR) is 83.7 cm³/mol. The fraction of sp³-hybridized carbons (Fsp3) is 0.429. The smallest absolute Gasteiger partial charge is 0.207 e. The first-order chi connectivity index (χ1) is 8.71. The summed E-state index contributed by atoms with van der Waals surface area (Å²) >= 11 is 0. The van der Waals surface area contributed by atoms with E-state index in [9.17, 15) is 8.42 Å². The number of benzene rings is 1. The molecule has 0 aliphatic heterocycles. The maximum absolute atomic E-state index is 12.0. The Morgan fingerprint density at radius 2 is 1.68 bits per heavy atom. The van der Waals surface area contributed by atoms with Gasteiger partial charge in [-0.15, -0.1) is 0 Å². The molecule has 1 aromatic rings. The summed E-state index contributed by atoms with van der Waals surface area (Å²) in [5, 5.41) is 0. The Kier molecular flexibility index (Phi) is 5.52. The van der Waals surface area contributed by atoms with Crippen molar-refractivity contribution in [3.63, 3.8) is 0 Å². The van der Waals surface area contributed by atoms with Crippen molar-refractivity contribution in [1.82, 2.24) is 4.72 Å². The molecule has 1 aromatic carbocycles. The summed E-state index contributed by atoms with van der Waals surface area (Å²) in [5.41, 5.74) is 1.05. The summed E-state index contributed by atoms with van der Waals surface area (Å²) in [7, 11) is -4.47. The third kappa shape index (κ3) is 6.18. The van der Waals surface area contributed by atoms with E-state index in [0.29, 0.717) is 11.4 Å². The summed E-state index contributed by atoms with van der Waals surface area (Å²) in [6, 6.07) is 7.93. The van der Waals surface area contributed by atoms with Crippen molar-refractivity contribution in [3.8, 4) is 0 Å². The lowest BCUT2D eigenvalue weighted by Gasteiger charge is -2.11. The van der Waals surface area contributed by atoms with Gasteiger partial charge in [0.15, 0.2) is 0 Å². The van der Waals surface area contributed by atoms with Gasteiger partial charge in [-0.05, 0) is 25.1 Å². The molecule has 0 fully saturated rings. The number of sulfonamides is 1. The topological polar surface area (TPSA) is 46.2 Å². The van der Waals surface area contributed by atoms with Crippen LogP contribution in [0.1, 0.15) is 5.56 Å². The second-order valence-electron chi connectivity index (χ2n) is 5.90. The zero-order valence-corrected chi connectivity index (χ0v) is 13.9. The highest BCUT2D eigenvalue weighted by atomic mass is 32.2. The van der Waals surface area contributed by atoms with Crippen LogP contribution in [0.5, 0.6) is 0 Å². The molecule has 3 nitrogen and oxygen atoms in total. The lowest BCUT2D eigenvalue weighted by molar-refractivity contribution is 0.585. The van der Waals surface area contributed by atoms with Gasteiger partial charge in [0.2, 0.25) is 10.0 Å². The van der Waals surface area contributed by atoms with E-state index in [4.69, 9.17) is 0 Å². The van der Waals surface area contributed by atoms with Gasteiger partial charge in [-0.2, -0.15) is 0 Å². The summed E-state index contributed by atoms with van der Waals surface area (Å²) in [4.78, 5) is 0.316. The number of rotatable bonds is 6. The standard InChI is InChI=1S/C14H23NO2SSi/c1-13-7-9-14(10-8-13)18(16,17)15-11-5-6-12-19(2,3)4/h5-10,15H,11-12H2,1-4H3/b6-5+. The van der Waals surface area contributed by atoms with Crippen molar-refractivity contribution in [2.24, 2.45) is 0 Å². The molecular formula is C14H23NO2SSi. The first-order valence-corrected chi connectivity index (χ1v) is 11.6. The van der Waals surface area contributed by atoms with Crippen molar-refractivity contribution in [1.29, 1.82) is 0 Å². The van der Waals surface area contributed by atoms with Crippen LogP contribution in [0.2, 0.25) is 25.7 Å². The fourth-order valence-corrected chi connectivity index (χ4v) is 3.33. The summed E-state index contributed by atoms with van der Waals surface area (Å²) in [5.74, 6) is 0. The Labute approximate surface area is 117 Å². The highest BCUT2D eigenvalue weighted by Gasteiger charge is 2.12. The lowest BCUT2D eigenvalue weighted by Crippen LogP contribution is -2.24. The second-order valence-corrected chi connectivity index (χ2v) is 13.2. The third-order valence-electron chi connectivity index (χ3n) is 2.62. The predicted octanol–water partition coefficient (Wildman–Crippen LogP) is 3.17. The highest BCUT2D eigenvalue weighted by Crippen LogP contribution is 2.10. The quantitative estimate of drug-likeness (QED) is 0.647. The maximum atomic E-state index is 12.0. The van der Waals surface area contributed by atoms with Gasteiger partial charge in [0.1, 0.15) is 0 Å². The fourth-order valence-electron chi connectivity index (χ4n) is 1.48. The molecule has 1 rings (SSSR count). The monoisotopic (exact) mass is 297 g/mol. The van der Waals surface area contributed by atoms with Crippen molar-refractivity contribution >= 4 is 18.1 Å². The van der Waals surface area contributed by atoms with Crippen LogP contribution < -0.4 is 4.72 Å². The molecule has 1 N–H and O–H groups in total. The molecular weight excluding hydrogens is 274 g/mol. The van der Waals surface area contributed by atoms with Gasteiger partial charge in [0.05, 0.1) is 4.90 Å². The second kappa shape index (κ2) is 6.50. The minimum atomic E-state index is -3.38. The maximum Gasteiger partial charge on any atom is 0.240 e. The average Bonchev–Trinajstić information content (AvgIpc) is 2.27. The molecule has 0 saturated heterocycles. The van der Waals surface area contributed by atoms with E-state index in [2.05, 4.69) is 30.4 Å². The average molecular weight is 297 g/mol. The van der Waals surface area contributed by atoms with Crippen LogP contribution in [-0.4, -0.2) is 23.0 Å². The molecule has 0 spiro atoms. The van der Waals surface area contributed by atoms with E-state index in [-0.39, 0.29) is 0 Å². The Morgan fingerprint density at radius 3 is 2.21 bits per heavy atom. The molecule has 0 amide bonds. The number of allylic oxidation sites excluding steroid dienone is 1. The van der Waals surface area contributed by atoms with Crippen LogP contribution >= 0.6 is 0 Å². The van der Waals surface area contributed by atoms with Gasteiger partial charge in [0, 0.05) is 14.6 Å². The Morgan fingerprint density at radius 1 is 1.11 bits per heavy atom. The van der Waals surface area contributed by atoms with Gasteiger partial charge in [-0.25, -0.2) is 13.1 Å². The van der Waals surface area contributed by atoms with E-state index >= 15 is 0 Å². The van der Waals surface area contributed by atoms with Crippen LogP contribution in [0.25, 0.3) is 0 Å². The Bertz CT molecular complexity index is 528. The molecule has 0 heterocycles. The van der Waals surface area contributed by atoms with Gasteiger partial charge in [-0.3, -0.25) is 0 Å². The molecule has 0 unspecified atom stereocenters. The first-order valence-electron chi connectivity index (χ1n) is 6.42. The van der Waals surface area contributed by atoms with Crippen LogP contribution in [0.4, 0.5) is 0 Å². The van der Waals surface area contributed by atoms with E-state index in [1.165, 1.54) is 0 Å². The van der Waals surface area contributed by atoms with Crippen molar-refractivity contribution in [2.75, 3.05) is 6.54 Å². The van der Waals surface area contributed by atoms with E-state index in [1.807, 2.05) is 13.0 Å². The largest absolute Gasteiger partial charge is 0.240 e. The third-order valence-corrected chi connectivity index (χ3v) is 5.52. The van der Waals surface area contributed by atoms with Gasteiger partial charge < -0.3 is 0 Å². The van der Waals surface area contributed by atoms with Crippen molar-refractivity contribution in [2.45, 2.75) is 37.5 Å². The summed E-state index contributed by atoms with van der Waals surface area (Å²) in [6.07, 6.45) is 3.97. The lowest BCUT2D eigenvalue weighted by atomic mass is 10.2. The van der Waals surface area contributed by atoms with E-state index in [1.54, 1.807) is 24.3 Å². The molecule has 0 bridgehead atoms. The van der Waals surface area contributed by atoms with Crippen LogP contribution in [0, 0.1) is 6.92 Å². The number of hydrogen-bond acceptors (Lipinski definition) is 2. The zero-order valence-electron chi connectivity index (χ0n) is 12.1. The van der Waals surface area contributed by atoms with Gasteiger partial charge in [0.25, 0.3) is 0 Å². The number of nitrogens with one attached hydrogen (secondary N) is 1. The van der Waals surface area contributed by atoms with Gasteiger partial charge >= 0.3 is 0 Å². The summed E-state index contributed by atoms with van der Waals surface area (Å²) < 4.78 is 26.5. The van der Waals surface area contributed by atoms with Gasteiger partial charge in [-0.1, -0.05) is 49.5 Å². The first kappa shape index (κ1) is 16.1. The molecule has 0 aliphatic rings. The molecule has 0 aromatic heterocycles. The highest BCUT2D eigenvalue weighted by molar-refractivity contribution is 7.89. The van der Waals surface area contributed by atoms with Crippen LogP contribution in [0.3, 0.4) is 0 Å². The molecule has 5 heteroatoms. The molecule has 0 aliphatic carbocycles.